The summed E-state index contributed by atoms with van der Waals surface area (Å²) >= 11 is 0. The average molecular weight is 196 g/mol. The van der Waals surface area contributed by atoms with Crippen LogP contribution in [0.15, 0.2) is 0 Å². The molecular formula is C11H20N2O. The van der Waals surface area contributed by atoms with Crippen LogP contribution >= 0.6 is 0 Å². The van der Waals surface area contributed by atoms with Crippen LogP contribution in [0.25, 0.3) is 0 Å². The molecule has 2 fully saturated rings. The van der Waals surface area contributed by atoms with E-state index >= 15 is 0 Å². The summed E-state index contributed by atoms with van der Waals surface area (Å²) in [6, 6.07) is 0.806. The molecule has 0 radical (unpaired) electrons. The summed E-state index contributed by atoms with van der Waals surface area (Å²) in [6.07, 6.45) is 7.36. The van der Waals surface area contributed by atoms with Crippen LogP contribution in [-0.4, -0.2) is 42.0 Å². The van der Waals surface area contributed by atoms with Gasteiger partial charge in [0.25, 0.3) is 0 Å². The van der Waals surface area contributed by atoms with Gasteiger partial charge in [-0.15, -0.1) is 0 Å². The molecule has 3 heteroatoms. The number of nitrogens with zero attached hydrogens (tertiary/aromatic N) is 2. The van der Waals surface area contributed by atoms with Crippen LogP contribution < -0.4 is 0 Å². The minimum Gasteiger partial charge on any atom is -0.325 e. The lowest BCUT2D eigenvalue weighted by atomic mass is 10.2. The van der Waals surface area contributed by atoms with Crippen LogP contribution in [-0.2, 0) is 0 Å². The molecule has 1 saturated carbocycles. The van der Waals surface area contributed by atoms with Gasteiger partial charge in [-0.2, -0.15) is 0 Å². The van der Waals surface area contributed by atoms with E-state index in [4.69, 9.17) is 0 Å². The Kier molecular flexibility index (Phi) is 2.94. The molecule has 0 spiro atoms. The number of hydrogen-bond donors (Lipinski definition) is 0. The first-order valence-corrected chi connectivity index (χ1v) is 5.81. The zero-order valence-electron chi connectivity index (χ0n) is 9.04. The van der Waals surface area contributed by atoms with Crippen molar-refractivity contribution in [3.8, 4) is 0 Å². The second kappa shape index (κ2) is 4.20. The SMILES string of the molecule is CN(C(=O)N1CCCCCC1)C1CC1. The normalized spacial score (nSPS) is 23.1. The number of rotatable bonds is 1. The minimum absolute atomic E-state index is 0.259. The van der Waals surface area contributed by atoms with Gasteiger partial charge in [0.2, 0.25) is 0 Å². The molecule has 1 saturated heterocycles. The van der Waals surface area contributed by atoms with Crippen molar-refractivity contribution in [3.63, 3.8) is 0 Å². The molecular weight excluding hydrogens is 176 g/mol. The second-order valence-corrected chi connectivity index (χ2v) is 4.53. The topological polar surface area (TPSA) is 23.6 Å². The molecule has 0 N–H and O–H groups in total. The Bertz CT molecular complexity index is 205. The molecule has 3 nitrogen and oxygen atoms in total. The lowest BCUT2D eigenvalue weighted by Gasteiger charge is -2.26. The number of urea groups is 1. The predicted octanol–water partition coefficient (Wildman–Crippen LogP) is 2.08. The van der Waals surface area contributed by atoms with Crippen molar-refractivity contribution < 1.29 is 4.79 Å². The third-order valence-electron chi connectivity index (χ3n) is 3.27. The fourth-order valence-electron chi connectivity index (χ4n) is 2.10. The monoisotopic (exact) mass is 196 g/mol. The van der Waals surface area contributed by atoms with Crippen LogP contribution in [0.3, 0.4) is 0 Å². The van der Waals surface area contributed by atoms with E-state index in [-0.39, 0.29) is 6.03 Å². The maximum Gasteiger partial charge on any atom is 0.319 e. The first kappa shape index (κ1) is 9.81. The van der Waals surface area contributed by atoms with E-state index in [2.05, 4.69) is 0 Å². The Morgan fingerprint density at radius 3 is 2.21 bits per heavy atom. The quantitative estimate of drug-likeness (QED) is 0.630. The highest BCUT2D eigenvalue weighted by atomic mass is 16.2. The summed E-state index contributed by atoms with van der Waals surface area (Å²) in [5, 5.41) is 0. The van der Waals surface area contributed by atoms with Gasteiger partial charge in [0.15, 0.2) is 0 Å². The Hall–Kier alpha value is -0.730. The van der Waals surface area contributed by atoms with Gasteiger partial charge in [-0.25, -0.2) is 4.79 Å². The Morgan fingerprint density at radius 2 is 1.71 bits per heavy atom. The van der Waals surface area contributed by atoms with Crippen LogP contribution in [0.5, 0.6) is 0 Å². The third kappa shape index (κ3) is 2.20. The minimum atomic E-state index is 0.259. The highest BCUT2D eigenvalue weighted by Crippen LogP contribution is 2.26. The molecule has 2 amide bonds. The molecule has 2 aliphatic rings. The Morgan fingerprint density at radius 1 is 1.14 bits per heavy atom. The van der Waals surface area contributed by atoms with Gasteiger partial charge in [-0.1, -0.05) is 12.8 Å². The molecule has 0 aromatic rings. The van der Waals surface area contributed by atoms with Gasteiger partial charge in [-0.3, -0.25) is 0 Å². The Labute approximate surface area is 86.1 Å². The summed E-state index contributed by atoms with van der Waals surface area (Å²) in [5.41, 5.74) is 0. The average Bonchev–Trinajstić information content (AvgIpc) is 3.02. The fourth-order valence-corrected chi connectivity index (χ4v) is 2.10. The van der Waals surface area contributed by atoms with Crippen LogP contribution in [0.2, 0.25) is 0 Å². The van der Waals surface area contributed by atoms with Crippen molar-refractivity contribution in [3.05, 3.63) is 0 Å². The molecule has 0 bridgehead atoms. The molecule has 14 heavy (non-hydrogen) atoms. The summed E-state index contributed by atoms with van der Waals surface area (Å²) in [5.74, 6) is 0. The maximum atomic E-state index is 12.0. The molecule has 2 rings (SSSR count). The van der Waals surface area contributed by atoms with E-state index < -0.39 is 0 Å². The second-order valence-electron chi connectivity index (χ2n) is 4.53. The highest BCUT2D eigenvalue weighted by Gasteiger charge is 2.31. The van der Waals surface area contributed by atoms with Crippen LogP contribution in [0.4, 0.5) is 4.79 Å². The van der Waals surface area contributed by atoms with Crippen molar-refractivity contribution in [1.82, 2.24) is 9.80 Å². The summed E-state index contributed by atoms with van der Waals surface area (Å²) < 4.78 is 0. The molecule has 0 atom stereocenters. The first-order valence-electron chi connectivity index (χ1n) is 5.81. The predicted molar refractivity (Wildman–Crippen MR) is 56.2 cm³/mol. The van der Waals surface area contributed by atoms with E-state index in [1.165, 1.54) is 38.5 Å². The first-order chi connectivity index (χ1) is 6.79. The fraction of sp³-hybridized carbons (Fsp3) is 0.909. The molecule has 0 aromatic heterocycles. The summed E-state index contributed by atoms with van der Waals surface area (Å²) in [4.78, 5) is 16.0. The zero-order valence-corrected chi connectivity index (χ0v) is 9.04. The zero-order chi connectivity index (χ0) is 9.97. The lowest BCUT2D eigenvalue weighted by Crippen LogP contribution is -2.42. The van der Waals surface area contributed by atoms with Crippen LogP contribution in [0, 0.1) is 0 Å². The molecule has 1 heterocycles. The van der Waals surface area contributed by atoms with Gasteiger partial charge in [0, 0.05) is 26.2 Å². The number of carbonyl (C=O) groups excluding carboxylic acids is 1. The van der Waals surface area contributed by atoms with Crippen molar-refractivity contribution in [2.45, 2.75) is 44.6 Å². The van der Waals surface area contributed by atoms with Gasteiger partial charge in [-0.05, 0) is 25.7 Å². The highest BCUT2D eigenvalue weighted by molar-refractivity contribution is 5.74. The number of hydrogen-bond acceptors (Lipinski definition) is 1. The number of carbonyl (C=O) groups is 1. The standard InChI is InChI=1S/C11H20N2O/c1-12(10-6-7-10)11(14)13-8-4-2-3-5-9-13/h10H,2-9H2,1H3. The summed E-state index contributed by atoms with van der Waals surface area (Å²) in [7, 11) is 1.95. The van der Waals surface area contributed by atoms with Crippen molar-refractivity contribution in [2.24, 2.45) is 0 Å². The van der Waals surface area contributed by atoms with Gasteiger partial charge in [0.1, 0.15) is 0 Å². The summed E-state index contributed by atoms with van der Waals surface area (Å²) in [6.45, 7) is 1.94. The van der Waals surface area contributed by atoms with Crippen molar-refractivity contribution >= 4 is 6.03 Å². The van der Waals surface area contributed by atoms with Gasteiger partial charge < -0.3 is 9.80 Å². The number of likely N-dealkylation sites (tertiary alicyclic amines) is 1. The van der Waals surface area contributed by atoms with Crippen molar-refractivity contribution in [2.75, 3.05) is 20.1 Å². The van der Waals surface area contributed by atoms with Gasteiger partial charge in [0.05, 0.1) is 0 Å². The van der Waals surface area contributed by atoms with E-state index in [0.29, 0.717) is 6.04 Å². The Balaban J connectivity index is 1.87. The molecule has 0 unspecified atom stereocenters. The molecule has 0 aromatic carbocycles. The van der Waals surface area contributed by atoms with E-state index in [1.807, 2.05) is 16.8 Å². The van der Waals surface area contributed by atoms with E-state index in [0.717, 1.165) is 13.1 Å². The van der Waals surface area contributed by atoms with E-state index in [1.54, 1.807) is 0 Å². The smallest absolute Gasteiger partial charge is 0.319 e. The van der Waals surface area contributed by atoms with Crippen LogP contribution in [0.1, 0.15) is 38.5 Å². The van der Waals surface area contributed by atoms with E-state index in [9.17, 15) is 4.79 Å². The van der Waals surface area contributed by atoms with Crippen molar-refractivity contribution in [1.29, 1.82) is 0 Å². The molecule has 80 valence electrons. The maximum absolute atomic E-state index is 12.0. The lowest BCUT2D eigenvalue weighted by molar-refractivity contribution is 0.162. The van der Waals surface area contributed by atoms with Gasteiger partial charge >= 0.3 is 6.03 Å². The largest absolute Gasteiger partial charge is 0.325 e. The molecule has 1 aliphatic heterocycles. The number of amides is 2. The third-order valence-corrected chi connectivity index (χ3v) is 3.27. The molecule has 1 aliphatic carbocycles.